The van der Waals surface area contributed by atoms with Crippen molar-refractivity contribution < 1.29 is 28.6 Å². The molecule has 8 heteroatoms. The first-order valence-electron chi connectivity index (χ1n) is 10.1. The highest BCUT2D eigenvalue weighted by Crippen LogP contribution is 2.33. The molecule has 2 amide bonds. The second-order valence-corrected chi connectivity index (χ2v) is 7.28. The van der Waals surface area contributed by atoms with E-state index in [2.05, 4.69) is 5.32 Å². The molecule has 0 spiro atoms. The zero-order valence-corrected chi connectivity index (χ0v) is 18.5. The Hall–Kier alpha value is -3.81. The summed E-state index contributed by atoms with van der Waals surface area (Å²) in [6, 6.07) is 12.0. The molecule has 2 aromatic rings. The standard InChI is InChI=1S/C24H26N2O6/c1-15(24(29)25-20-13-18(30-3)9-10-22(20)31-4)32-23(28)14-21-19-8-6-5-7-17(19)11-12-26(21)16(2)27/h5-13,15,21H,14H2,1-4H3,(H,25,29)/t15-,21-/m0/s1. The van der Waals surface area contributed by atoms with Gasteiger partial charge in [0.1, 0.15) is 11.5 Å². The first-order chi connectivity index (χ1) is 15.3. The van der Waals surface area contributed by atoms with Gasteiger partial charge in [-0.2, -0.15) is 0 Å². The molecule has 1 aliphatic heterocycles. The Labute approximate surface area is 186 Å². The summed E-state index contributed by atoms with van der Waals surface area (Å²) in [5, 5.41) is 2.69. The van der Waals surface area contributed by atoms with Crippen LogP contribution in [0.3, 0.4) is 0 Å². The molecule has 0 unspecified atom stereocenters. The fourth-order valence-electron chi connectivity index (χ4n) is 3.52. The minimum atomic E-state index is -1.06. The van der Waals surface area contributed by atoms with Crippen molar-refractivity contribution in [2.75, 3.05) is 19.5 Å². The molecule has 8 nitrogen and oxygen atoms in total. The maximum Gasteiger partial charge on any atom is 0.309 e. The molecule has 2 aromatic carbocycles. The fourth-order valence-corrected chi connectivity index (χ4v) is 3.52. The van der Waals surface area contributed by atoms with Crippen molar-refractivity contribution in [2.24, 2.45) is 0 Å². The van der Waals surface area contributed by atoms with Crippen molar-refractivity contribution in [3.05, 3.63) is 59.8 Å². The maximum absolute atomic E-state index is 12.7. The molecule has 0 saturated carbocycles. The summed E-state index contributed by atoms with van der Waals surface area (Å²) in [5.74, 6) is -0.312. The van der Waals surface area contributed by atoms with Crippen LogP contribution in [-0.4, -0.2) is 43.0 Å². The lowest BCUT2D eigenvalue weighted by atomic mass is 9.94. The summed E-state index contributed by atoms with van der Waals surface area (Å²) in [6.45, 7) is 2.92. The van der Waals surface area contributed by atoms with E-state index in [9.17, 15) is 14.4 Å². The number of hydrogen-bond acceptors (Lipinski definition) is 6. The number of methoxy groups -OCH3 is 2. The normalized spacial score (nSPS) is 15.4. The minimum absolute atomic E-state index is 0.0823. The highest BCUT2D eigenvalue weighted by Gasteiger charge is 2.30. The SMILES string of the molecule is COc1ccc(OC)c(NC(=O)[C@H](C)OC(=O)C[C@H]2c3ccccc3C=CN2C(C)=O)c1. The van der Waals surface area contributed by atoms with E-state index in [4.69, 9.17) is 14.2 Å². The first kappa shape index (κ1) is 22.9. The molecule has 1 heterocycles. The van der Waals surface area contributed by atoms with E-state index in [0.717, 1.165) is 11.1 Å². The van der Waals surface area contributed by atoms with Gasteiger partial charge < -0.3 is 24.4 Å². The van der Waals surface area contributed by atoms with Crippen molar-refractivity contribution in [3.63, 3.8) is 0 Å². The Balaban J connectivity index is 1.68. The second-order valence-electron chi connectivity index (χ2n) is 7.28. The van der Waals surface area contributed by atoms with E-state index in [0.29, 0.717) is 17.2 Å². The number of esters is 1. The Morgan fingerprint density at radius 3 is 2.53 bits per heavy atom. The number of anilines is 1. The lowest BCUT2D eigenvalue weighted by Crippen LogP contribution is -2.35. The molecule has 0 fully saturated rings. The predicted octanol–water partition coefficient (Wildman–Crippen LogP) is 3.54. The molecule has 2 atom stereocenters. The van der Waals surface area contributed by atoms with Crippen molar-refractivity contribution >= 4 is 29.5 Å². The molecule has 168 valence electrons. The summed E-state index contributed by atoms with van der Waals surface area (Å²) in [6.07, 6.45) is 2.35. The highest BCUT2D eigenvalue weighted by molar-refractivity contribution is 5.96. The molecule has 1 N–H and O–H groups in total. The van der Waals surface area contributed by atoms with Crippen LogP contribution >= 0.6 is 0 Å². The molecule has 32 heavy (non-hydrogen) atoms. The quantitative estimate of drug-likeness (QED) is 0.665. The number of hydrogen-bond donors (Lipinski definition) is 1. The third-order valence-corrected chi connectivity index (χ3v) is 5.17. The van der Waals surface area contributed by atoms with E-state index >= 15 is 0 Å². The van der Waals surface area contributed by atoms with Crippen molar-refractivity contribution in [2.45, 2.75) is 32.4 Å². The molecule has 3 rings (SSSR count). The Bertz CT molecular complexity index is 1050. The summed E-state index contributed by atoms with van der Waals surface area (Å²) >= 11 is 0. The van der Waals surface area contributed by atoms with Gasteiger partial charge in [-0.25, -0.2) is 0 Å². The number of benzene rings is 2. The third-order valence-electron chi connectivity index (χ3n) is 5.17. The van der Waals surface area contributed by atoms with Crippen LogP contribution in [0.25, 0.3) is 6.08 Å². The topological polar surface area (TPSA) is 94.2 Å². The summed E-state index contributed by atoms with van der Waals surface area (Å²) < 4.78 is 15.8. The molecular formula is C24H26N2O6. The number of nitrogens with one attached hydrogen (secondary N) is 1. The monoisotopic (exact) mass is 438 g/mol. The Morgan fingerprint density at radius 2 is 1.84 bits per heavy atom. The number of carbonyl (C=O) groups excluding carboxylic acids is 3. The van der Waals surface area contributed by atoms with E-state index in [-0.39, 0.29) is 12.3 Å². The Morgan fingerprint density at radius 1 is 1.09 bits per heavy atom. The van der Waals surface area contributed by atoms with Crippen LogP contribution in [0.5, 0.6) is 11.5 Å². The van der Waals surface area contributed by atoms with Gasteiger partial charge in [-0.3, -0.25) is 14.4 Å². The molecule has 1 aliphatic rings. The summed E-state index contributed by atoms with van der Waals surface area (Å²) in [5.41, 5.74) is 2.17. The van der Waals surface area contributed by atoms with Gasteiger partial charge >= 0.3 is 5.97 Å². The van der Waals surface area contributed by atoms with E-state index < -0.39 is 24.0 Å². The Kier molecular flexibility index (Phi) is 7.14. The first-order valence-corrected chi connectivity index (χ1v) is 10.1. The summed E-state index contributed by atoms with van der Waals surface area (Å²) in [4.78, 5) is 38.9. The van der Waals surface area contributed by atoms with Crippen LogP contribution < -0.4 is 14.8 Å². The molecule has 0 saturated heterocycles. The van der Waals surface area contributed by atoms with E-state index in [1.165, 1.54) is 33.0 Å². The lowest BCUT2D eigenvalue weighted by molar-refractivity contribution is -0.154. The van der Waals surface area contributed by atoms with Gasteiger partial charge in [-0.05, 0) is 36.3 Å². The molecular weight excluding hydrogens is 412 g/mol. The summed E-state index contributed by atoms with van der Waals surface area (Å²) in [7, 11) is 3.00. The van der Waals surface area contributed by atoms with E-state index in [1.54, 1.807) is 24.4 Å². The number of amides is 2. The maximum atomic E-state index is 12.7. The van der Waals surface area contributed by atoms with Crippen LogP contribution in [0, 0.1) is 0 Å². The van der Waals surface area contributed by atoms with Crippen molar-refractivity contribution in [1.82, 2.24) is 4.90 Å². The number of nitrogens with zero attached hydrogens (tertiary/aromatic N) is 1. The van der Waals surface area contributed by atoms with Crippen LogP contribution in [0.4, 0.5) is 5.69 Å². The number of ether oxygens (including phenoxy) is 3. The number of fused-ring (bicyclic) bond motifs is 1. The highest BCUT2D eigenvalue weighted by atomic mass is 16.5. The largest absolute Gasteiger partial charge is 0.497 e. The smallest absolute Gasteiger partial charge is 0.309 e. The van der Waals surface area contributed by atoms with Gasteiger partial charge in [0.15, 0.2) is 6.10 Å². The van der Waals surface area contributed by atoms with Crippen molar-refractivity contribution in [1.29, 1.82) is 0 Å². The van der Waals surface area contributed by atoms with Crippen LogP contribution in [-0.2, 0) is 19.1 Å². The predicted molar refractivity (Wildman–Crippen MR) is 119 cm³/mol. The number of rotatable bonds is 7. The van der Waals surface area contributed by atoms with Crippen LogP contribution in [0.2, 0.25) is 0 Å². The zero-order chi connectivity index (χ0) is 23.3. The molecule has 0 radical (unpaired) electrons. The zero-order valence-electron chi connectivity index (χ0n) is 18.5. The average molecular weight is 438 g/mol. The molecule has 0 bridgehead atoms. The lowest BCUT2D eigenvalue weighted by Gasteiger charge is -2.32. The number of carbonyl (C=O) groups is 3. The molecule has 0 aliphatic carbocycles. The van der Waals surface area contributed by atoms with Gasteiger partial charge in [0.05, 0.1) is 32.4 Å². The van der Waals surface area contributed by atoms with Gasteiger partial charge in [-0.15, -0.1) is 0 Å². The van der Waals surface area contributed by atoms with Crippen LogP contribution in [0.15, 0.2) is 48.7 Å². The van der Waals surface area contributed by atoms with E-state index in [1.807, 2.05) is 30.3 Å². The molecule has 0 aromatic heterocycles. The third kappa shape index (κ3) is 5.08. The van der Waals surface area contributed by atoms with Gasteiger partial charge in [0, 0.05) is 19.2 Å². The average Bonchev–Trinajstić information content (AvgIpc) is 2.78. The van der Waals surface area contributed by atoms with Crippen molar-refractivity contribution in [3.8, 4) is 11.5 Å². The van der Waals surface area contributed by atoms with Gasteiger partial charge in [0.2, 0.25) is 5.91 Å². The van der Waals surface area contributed by atoms with Crippen LogP contribution in [0.1, 0.15) is 37.4 Å². The van der Waals surface area contributed by atoms with Gasteiger partial charge in [0.25, 0.3) is 5.91 Å². The fraction of sp³-hybridized carbons (Fsp3) is 0.292. The minimum Gasteiger partial charge on any atom is -0.497 e. The van der Waals surface area contributed by atoms with Gasteiger partial charge in [-0.1, -0.05) is 24.3 Å². The second kappa shape index (κ2) is 10.00.